The van der Waals surface area contributed by atoms with E-state index in [0.29, 0.717) is 6.54 Å². The minimum Gasteiger partial charge on any atom is -0.351 e. The number of nitrogens with zero attached hydrogens (tertiary/aromatic N) is 3. The van der Waals surface area contributed by atoms with Gasteiger partial charge >= 0.3 is 0 Å². The Bertz CT molecular complexity index is 1190. The lowest BCUT2D eigenvalue weighted by atomic mass is 10.2. The molecule has 1 N–H and O–H groups in total. The van der Waals surface area contributed by atoms with Gasteiger partial charge in [-0.2, -0.15) is 5.10 Å². The van der Waals surface area contributed by atoms with E-state index in [4.69, 9.17) is 0 Å². The Morgan fingerprint density at radius 2 is 1.81 bits per heavy atom. The van der Waals surface area contributed by atoms with Gasteiger partial charge in [0.25, 0.3) is 0 Å². The molecule has 0 aliphatic heterocycles. The van der Waals surface area contributed by atoms with Gasteiger partial charge in [0.2, 0.25) is 5.91 Å². The topological polar surface area (TPSA) is 68.9 Å². The number of benzene rings is 2. The van der Waals surface area contributed by atoms with Crippen molar-refractivity contribution in [3.63, 3.8) is 0 Å². The maximum Gasteiger partial charge on any atom is 0.232 e. The molecule has 6 nitrogen and oxygen atoms in total. The van der Waals surface area contributed by atoms with Gasteiger partial charge < -0.3 is 9.88 Å². The molecule has 0 saturated carbocycles. The summed E-state index contributed by atoms with van der Waals surface area (Å²) in [6, 6.07) is 21.4. The second-order valence-electron chi connectivity index (χ2n) is 6.97. The van der Waals surface area contributed by atoms with Crippen molar-refractivity contribution in [2.45, 2.75) is 12.3 Å². The van der Waals surface area contributed by atoms with Crippen molar-refractivity contribution in [3.8, 4) is 11.5 Å². The van der Waals surface area contributed by atoms with Gasteiger partial charge in [0, 0.05) is 39.8 Å². The van der Waals surface area contributed by atoms with Crippen molar-refractivity contribution in [1.82, 2.24) is 19.7 Å². The first-order chi connectivity index (χ1) is 15.1. The number of hydrogen-bond acceptors (Lipinski definition) is 3. The minimum absolute atomic E-state index is 0.0599. The lowest BCUT2D eigenvalue weighted by molar-refractivity contribution is -0.118. The molecule has 2 heterocycles. The smallest absolute Gasteiger partial charge is 0.232 e. The first-order valence-corrected chi connectivity index (χ1v) is 12.0. The zero-order chi connectivity index (χ0) is 21.6. The first kappa shape index (κ1) is 21.3. The van der Waals surface area contributed by atoms with Crippen LogP contribution in [0.1, 0.15) is 11.1 Å². The highest BCUT2D eigenvalue weighted by Gasteiger charge is 2.17. The Morgan fingerprint density at radius 1 is 1.03 bits per heavy atom. The van der Waals surface area contributed by atoms with Crippen molar-refractivity contribution < 1.29 is 9.00 Å². The lowest BCUT2D eigenvalue weighted by Gasteiger charge is -2.11. The van der Waals surface area contributed by atoms with Gasteiger partial charge in [-0.05, 0) is 42.0 Å². The van der Waals surface area contributed by atoms with Crippen LogP contribution in [0.25, 0.3) is 11.5 Å². The number of para-hydroxylation sites is 1. The number of hydrogen-bond donors (Lipinski definition) is 1. The van der Waals surface area contributed by atoms with Crippen LogP contribution in [0.2, 0.25) is 0 Å². The Labute approximate surface area is 191 Å². The van der Waals surface area contributed by atoms with E-state index >= 15 is 0 Å². The van der Waals surface area contributed by atoms with Crippen molar-refractivity contribution in [1.29, 1.82) is 0 Å². The largest absolute Gasteiger partial charge is 0.351 e. The highest BCUT2D eigenvalue weighted by molar-refractivity contribution is 9.10. The fraction of sp³-hybridized carbons (Fsp3) is 0.130. The molecule has 0 unspecified atom stereocenters. The molecule has 0 radical (unpaired) electrons. The van der Waals surface area contributed by atoms with Gasteiger partial charge in [-0.25, -0.2) is 4.68 Å². The summed E-state index contributed by atoms with van der Waals surface area (Å²) < 4.78 is 17.5. The summed E-state index contributed by atoms with van der Waals surface area (Å²) in [5.41, 5.74) is 2.71. The Hall–Kier alpha value is -2.97. The minimum atomic E-state index is -1.37. The maximum absolute atomic E-state index is 12.8. The standard InChI is InChI=1S/C23H21BrN4O2S/c24-20-8-6-7-18(13-20)14-25-22(29)17-31(30)16-19-15-26-28(21-9-2-1-3-10-21)23(19)27-11-4-5-12-27/h1-13,15H,14,16-17H2,(H,25,29)/t31-/m0/s1. The third-order valence-electron chi connectivity index (χ3n) is 4.65. The van der Waals surface area contributed by atoms with E-state index in [0.717, 1.165) is 27.1 Å². The Morgan fingerprint density at radius 3 is 2.55 bits per heavy atom. The van der Waals surface area contributed by atoms with Gasteiger partial charge in [0.15, 0.2) is 0 Å². The highest BCUT2D eigenvalue weighted by Crippen LogP contribution is 2.21. The average Bonchev–Trinajstić information content (AvgIpc) is 3.42. The van der Waals surface area contributed by atoms with E-state index in [1.807, 2.05) is 88.4 Å². The third-order valence-corrected chi connectivity index (χ3v) is 6.36. The molecule has 1 atom stereocenters. The predicted molar refractivity (Wildman–Crippen MR) is 126 cm³/mol. The molecule has 0 saturated heterocycles. The van der Waals surface area contributed by atoms with Crippen LogP contribution in [0, 0.1) is 0 Å². The van der Waals surface area contributed by atoms with Crippen molar-refractivity contribution in [2.24, 2.45) is 0 Å². The summed E-state index contributed by atoms with van der Waals surface area (Å²) in [6.07, 6.45) is 5.57. The number of rotatable bonds is 8. The zero-order valence-electron chi connectivity index (χ0n) is 16.6. The quantitative estimate of drug-likeness (QED) is 0.400. The molecule has 0 aliphatic rings. The SMILES string of the molecule is O=C(C[S@@](=O)Cc1cnn(-c2ccccc2)c1-n1cccc1)NCc1cccc(Br)c1. The monoisotopic (exact) mass is 496 g/mol. The fourth-order valence-electron chi connectivity index (χ4n) is 3.26. The number of carbonyl (C=O) groups excluding carboxylic acids is 1. The Kier molecular flexibility index (Phi) is 6.79. The number of halogens is 1. The van der Waals surface area contributed by atoms with Crippen molar-refractivity contribution in [3.05, 3.63) is 101 Å². The molecule has 8 heteroatoms. The summed E-state index contributed by atoms with van der Waals surface area (Å²) in [4.78, 5) is 12.3. The summed E-state index contributed by atoms with van der Waals surface area (Å²) in [6.45, 7) is 0.399. The molecule has 0 spiro atoms. The lowest BCUT2D eigenvalue weighted by Crippen LogP contribution is -2.28. The van der Waals surface area contributed by atoms with Gasteiger partial charge in [-0.1, -0.05) is 46.3 Å². The second kappa shape index (κ2) is 9.89. The van der Waals surface area contributed by atoms with E-state index in [1.54, 1.807) is 6.20 Å². The molecular weight excluding hydrogens is 476 g/mol. The van der Waals surface area contributed by atoms with Crippen LogP contribution in [-0.2, 0) is 27.9 Å². The van der Waals surface area contributed by atoms with E-state index < -0.39 is 10.8 Å². The van der Waals surface area contributed by atoms with Gasteiger partial charge in [-0.3, -0.25) is 9.00 Å². The van der Waals surface area contributed by atoms with Crippen LogP contribution in [0.3, 0.4) is 0 Å². The van der Waals surface area contributed by atoms with E-state index in [-0.39, 0.29) is 17.4 Å². The summed E-state index contributed by atoms with van der Waals surface area (Å²) in [5.74, 6) is 0.760. The van der Waals surface area contributed by atoms with E-state index in [2.05, 4.69) is 26.3 Å². The van der Waals surface area contributed by atoms with Crippen molar-refractivity contribution in [2.75, 3.05) is 5.75 Å². The number of aromatic nitrogens is 3. The molecule has 0 fully saturated rings. The van der Waals surface area contributed by atoms with E-state index in [9.17, 15) is 9.00 Å². The van der Waals surface area contributed by atoms with Gasteiger partial charge in [0.1, 0.15) is 11.6 Å². The van der Waals surface area contributed by atoms with Crippen molar-refractivity contribution >= 4 is 32.6 Å². The average molecular weight is 497 g/mol. The summed E-state index contributed by atoms with van der Waals surface area (Å²) >= 11 is 3.42. The van der Waals surface area contributed by atoms with Crippen LogP contribution < -0.4 is 5.32 Å². The van der Waals surface area contributed by atoms with Gasteiger partial charge in [0.05, 0.1) is 17.6 Å². The molecule has 4 rings (SSSR count). The zero-order valence-corrected chi connectivity index (χ0v) is 19.1. The number of amides is 1. The van der Waals surface area contributed by atoms with Crippen LogP contribution in [-0.4, -0.2) is 30.2 Å². The molecule has 2 aromatic heterocycles. The first-order valence-electron chi connectivity index (χ1n) is 9.72. The molecule has 31 heavy (non-hydrogen) atoms. The van der Waals surface area contributed by atoms with Crippen LogP contribution in [0.15, 0.2) is 89.8 Å². The molecule has 158 valence electrons. The molecule has 1 amide bonds. The second-order valence-corrected chi connectivity index (χ2v) is 9.34. The maximum atomic E-state index is 12.8. The Balaban J connectivity index is 1.46. The third kappa shape index (κ3) is 5.39. The van der Waals surface area contributed by atoms with Crippen LogP contribution in [0.4, 0.5) is 0 Å². The van der Waals surface area contributed by atoms with Gasteiger partial charge in [-0.15, -0.1) is 0 Å². The predicted octanol–water partition coefficient (Wildman–Crippen LogP) is 3.99. The van der Waals surface area contributed by atoms with Crippen LogP contribution >= 0.6 is 15.9 Å². The molecule has 4 aromatic rings. The summed E-state index contributed by atoms with van der Waals surface area (Å²) in [7, 11) is -1.37. The fourth-order valence-corrected chi connectivity index (χ4v) is 4.75. The normalized spacial score (nSPS) is 11.9. The highest BCUT2D eigenvalue weighted by atomic mass is 79.9. The number of carbonyl (C=O) groups is 1. The molecule has 0 bridgehead atoms. The number of nitrogens with one attached hydrogen (secondary N) is 1. The molecule has 0 aliphatic carbocycles. The van der Waals surface area contributed by atoms with Crippen LogP contribution in [0.5, 0.6) is 0 Å². The molecule has 2 aromatic carbocycles. The van der Waals surface area contributed by atoms with E-state index in [1.165, 1.54) is 0 Å². The summed E-state index contributed by atoms with van der Waals surface area (Å²) in [5, 5.41) is 7.35. The molecular formula is C23H21BrN4O2S.